The molecule has 0 bridgehead atoms. The van der Waals surface area contributed by atoms with Crippen LogP contribution in [0.25, 0.3) is 0 Å². The Hall–Kier alpha value is -3.19. The molecule has 0 saturated heterocycles. The fourth-order valence-electron chi connectivity index (χ4n) is 2.99. The van der Waals surface area contributed by atoms with E-state index in [1.807, 2.05) is 74.5 Å². The van der Waals surface area contributed by atoms with E-state index in [1.165, 1.54) is 0 Å². The summed E-state index contributed by atoms with van der Waals surface area (Å²) in [6.07, 6.45) is 2.56. The molecule has 1 atom stereocenters. The lowest BCUT2D eigenvalue weighted by Crippen LogP contribution is -2.22. The van der Waals surface area contributed by atoms with Crippen molar-refractivity contribution in [3.63, 3.8) is 0 Å². The highest BCUT2D eigenvalue weighted by Gasteiger charge is 2.14. The predicted molar refractivity (Wildman–Crippen MR) is 123 cm³/mol. The molecule has 1 aromatic heterocycles. The third-order valence-corrected chi connectivity index (χ3v) is 4.50. The monoisotopic (exact) mass is 406 g/mol. The van der Waals surface area contributed by atoms with Crippen LogP contribution in [0.3, 0.4) is 0 Å². The average molecular weight is 407 g/mol. The molecule has 0 spiro atoms. The smallest absolute Gasteiger partial charge is 0.233 e. The molecule has 1 unspecified atom stereocenters. The van der Waals surface area contributed by atoms with Gasteiger partial charge in [0.1, 0.15) is 0 Å². The summed E-state index contributed by atoms with van der Waals surface area (Å²) in [6, 6.07) is 19.7. The van der Waals surface area contributed by atoms with E-state index in [2.05, 4.69) is 37.8 Å². The lowest BCUT2D eigenvalue weighted by molar-refractivity contribution is 0.0680. The van der Waals surface area contributed by atoms with Crippen LogP contribution in [0.4, 0.5) is 29.2 Å². The van der Waals surface area contributed by atoms with Crippen molar-refractivity contribution in [1.82, 2.24) is 15.0 Å². The number of nitrogens with zero attached hydrogens (tertiary/aromatic N) is 3. The topological polar surface area (TPSA) is 95.0 Å². The van der Waals surface area contributed by atoms with Gasteiger partial charge in [0.05, 0.1) is 5.60 Å². The minimum Gasteiger partial charge on any atom is -0.390 e. The maximum atomic E-state index is 9.90. The van der Waals surface area contributed by atoms with Gasteiger partial charge in [-0.3, -0.25) is 0 Å². The Morgan fingerprint density at radius 1 is 0.800 bits per heavy atom. The first-order valence-electron chi connectivity index (χ1n) is 10.3. The van der Waals surface area contributed by atoms with Crippen LogP contribution in [0, 0.1) is 0 Å². The van der Waals surface area contributed by atoms with Crippen LogP contribution in [-0.2, 0) is 0 Å². The van der Waals surface area contributed by atoms with Crippen LogP contribution in [0.15, 0.2) is 60.7 Å². The Morgan fingerprint density at radius 3 is 1.73 bits per heavy atom. The molecule has 158 valence electrons. The molecular weight excluding hydrogens is 376 g/mol. The summed E-state index contributed by atoms with van der Waals surface area (Å²) >= 11 is 0. The zero-order chi connectivity index (χ0) is 21.4. The van der Waals surface area contributed by atoms with Crippen LogP contribution < -0.4 is 16.0 Å². The van der Waals surface area contributed by atoms with Gasteiger partial charge in [-0.15, -0.1) is 0 Å². The first-order chi connectivity index (χ1) is 14.4. The molecule has 0 aliphatic carbocycles. The summed E-state index contributed by atoms with van der Waals surface area (Å²) in [5.74, 6) is 1.42. The van der Waals surface area contributed by atoms with Gasteiger partial charge < -0.3 is 21.1 Å². The molecule has 0 aliphatic heterocycles. The number of aliphatic hydroxyl groups is 1. The molecule has 3 aromatic rings. The van der Waals surface area contributed by atoms with Gasteiger partial charge in [-0.2, -0.15) is 15.0 Å². The molecule has 3 rings (SSSR count). The quantitative estimate of drug-likeness (QED) is 0.372. The maximum Gasteiger partial charge on any atom is 0.233 e. The average Bonchev–Trinajstić information content (AvgIpc) is 2.68. The number of para-hydroxylation sites is 2. The number of anilines is 5. The molecule has 0 radical (unpaired) electrons. The summed E-state index contributed by atoms with van der Waals surface area (Å²) in [4.78, 5) is 13.6. The van der Waals surface area contributed by atoms with Gasteiger partial charge in [-0.25, -0.2) is 0 Å². The van der Waals surface area contributed by atoms with Crippen LogP contribution >= 0.6 is 0 Å². The number of hydrogen-bond donors (Lipinski definition) is 4. The zero-order valence-corrected chi connectivity index (χ0v) is 17.8. The SMILES string of the molecule is CC(CCCC(C)(C)O)Nc1nc(Nc2ccccc2)nc(Nc2ccccc2)n1. The molecule has 7 nitrogen and oxygen atoms in total. The lowest BCUT2D eigenvalue weighted by atomic mass is 10.00. The molecular formula is C23H30N6O. The summed E-state index contributed by atoms with van der Waals surface area (Å²) in [6.45, 7) is 5.75. The van der Waals surface area contributed by atoms with Crippen molar-refractivity contribution in [3.8, 4) is 0 Å². The molecule has 2 aromatic carbocycles. The van der Waals surface area contributed by atoms with Gasteiger partial charge in [-0.1, -0.05) is 36.4 Å². The number of hydrogen-bond acceptors (Lipinski definition) is 7. The van der Waals surface area contributed by atoms with Crippen molar-refractivity contribution in [3.05, 3.63) is 60.7 Å². The molecule has 0 saturated carbocycles. The van der Waals surface area contributed by atoms with E-state index in [-0.39, 0.29) is 6.04 Å². The fraction of sp³-hybridized carbons (Fsp3) is 0.348. The van der Waals surface area contributed by atoms with Gasteiger partial charge in [0.25, 0.3) is 0 Å². The van der Waals surface area contributed by atoms with Gasteiger partial charge in [0, 0.05) is 17.4 Å². The highest BCUT2D eigenvalue weighted by molar-refractivity contribution is 5.59. The second-order valence-corrected chi connectivity index (χ2v) is 8.04. The predicted octanol–water partition coefficient (Wildman–Crippen LogP) is 5.10. The Labute approximate surface area is 178 Å². The molecule has 0 fully saturated rings. The highest BCUT2D eigenvalue weighted by atomic mass is 16.3. The summed E-state index contributed by atoms with van der Waals surface area (Å²) < 4.78 is 0. The highest BCUT2D eigenvalue weighted by Crippen LogP contribution is 2.20. The zero-order valence-electron chi connectivity index (χ0n) is 17.8. The van der Waals surface area contributed by atoms with E-state index >= 15 is 0 Å². The molecule has 1 heterocycles. The van der Waals surface area contributed by atoms with Crippen molar-refractivity contribution < 1.29 is 5.11 Å². The van der Waals surface area contributed by atoms with Crippen molar-refractivity contribution in [2.24, 2.45) is 0 Å². The van der Waals surface area contributed by atoms with Crippen molar-refractivity contribution in [1.29, 1.82) is 0 Å². The van der Waals surface area contributed by atoms with E-state index < -0.39 is 5.60 Å². The first kappa shape index (κ1) is 21.5. The minimum atomic E-state index is -0.646. The maximum absolute atomic E-state index is 9.90. The van der Waals surface area contributed by atoms with Crippen LogP contribution in [0.1, 0.15) is 40.0 Å². The molecule has 30 heavy (non-hydrogen) atoms. The second-order valence-electron chi connectivity index (χ2n) is 8.04. The van der Waals surface area contributed by atoms with E-state index in [1.54, 1.807) is 0 Å². The van der Waals surface area contributed by atoms with Crippen LogP contribution in [0.5, 0.6) is 0 Å². The number of aromatic nitrogens is 3. The fourth-order valence-corrected chi connectivity index (χ4v) is 2.99. The third kappa shape index (κ3) is 7.33. The standard InChI is InChI=1S/C23H30N6O/c1-17(11-10-16-23(2,3)30)24-20-27-21(25-18-12-6-4-7-13-18)29-22(28-20)26-19-14-8-5-9-15-19/h4-9,12-15,17,30H,10-11,16H2,1-3H3,(H3,24,25,26,27,28,29). The molecule has 0 amide bonds. The number of rotatable bonds is 10. The number of benzene rings is 2. The van der Waals surface area contributed by atoms with E-state index in [0.717, 1.165) is 30.6 Å². The summed E-state index contributed by atoms with van der Waals surface area (Å²) in [5, 5.41) is 19.7. The van der Waals surface area contributed by atoms with Gasteiger partial charge in [-0.05, 0) is 64.3 Å². The van der Waals surface area contributed by atoms with Crippen molar-refractivity contribution in [2.45, 2.75) is 51.7 Å². The third-order valence-electron chi connectivity index (χ3n) is 4.50. The van der Waals surface area contributed by atoms with Gasteiger partial charge in [0.2, 0.25) is 17.8 Å². The van der Waals surface area contributed by atoms with E-state index in [0.29, 0.717) is 17.8 Å². The molecule has 7 heteroatoms. The lowest BCUT2D eigenvalue weighted by Gasteiger charge is -2.19. The second kappa shape index (κ2) is 10.0. The molecule has 0 aliphatic rings. The molecule has 4 N–H and O–H groups in total. The van der Waals surface area contributed by atoms with Gasteiger partial charge in [0.15, 0.2) is 0 Å². The van der Waals surface area contributed by atoms with Crippen LogP contribution in [-0.4, -0.2) is 31.7 Å². The Bertz CT molecular complexity index is 852. The Morgan fingerprint density at radius 2 is 1.27 bits per heavy atom. The number of nitrogens with one attached hydrogen (secondary N) is 3. The van der Waals surface area contributed by atoms with Gasteiger partial charge >= 0.3 is 0 Å². The van der Waals surface area contributed by atoms with Crippen molar-refractivity contribution >= 4 is 29.2 Å². The van der Waals surface area contributed by atoms with E-state index in [9.17, 15) is 5.11 Å². The van der Waals surface area contributed by atoms with Crippen molar-refractivity contribution in [2.75, 3.05) is 16.0 Å². The summed E-state index contributed by atoms with van der Waals surface area (Å²) in [5.41, 5.74) is 1.16. The van der Waals surface area contributed by atoms with Crippen LogP contribution in [0.2, 0.25) is 0 Å². The minimum absolute atomic E-state index is 0.156. The Balaban J connectivity index is 1.74. The van der Waals surface area contributed by atoms with E-state index in [4.69, 9.17) is 0 Å². The first-order valence-corrected chi connectivity index (χ1v) is 10.3. The Kier molecular flexibility index (Phi) is 7.19. The normalized spacial score (nSPS) is 12.3. The summed E-state index contributed by atoms with van der Waals surface area (Å²) in [7, 11) is 0. The largest absolute Gasteiger partial charge is 0.390 e.